The van der Waals surface area contributed by atoms with E-state index in [0.717, 1.165) is 0 Å². The second-order valence-corrected chi connectivity index (χ2v) is 17.3. The van der Waals surface area contributed by atoms with E-state index in [4.69, 9.17) is 28.4 Å². The number of carbonyl (C=O) groups is 3. The maximum Gasteiger partial charge on any atom is 0.407 e. The van der Waals surface area contributed by atoms with Gasteiger partial charge in [0.05, 0.1) is 36.4 Å². The van der Waals surface area contributed by atoms with E-state index in [9.17, 15) is 19.5 Å². The summed E-state index contributed by atoms with van der Waals surface area (Å²) in [5.74, 6) is -2.50. The van der Waals surface area contributed by atoms with E-state index < -0.39 is 90.3 Å². The molecule has 0 aromatic heterocycles. The number of rotatable bonds is 5. The lowest BCUT2D eigenvalue weighted by Gasteiger charge is -2.49. The summed E-state index contributed by atoms with van der Waals surface area (Å²) in [6.45, 7) is 26.1. The molecule has 4 heterocycles. The Hall–Kier alpha value is -1.79. The number of fused-ring (bicyclic) bond motifs is 1. The largest absolute Gasteiger partial charge is 0.458 e. The summed E-state index contributed by atoms with van der Waals surface area (Å²) < 4.78 is 38.2. The lowest BCUT2D eigenvalue weighted by molar-refractivity contribution is -0.302. The van der Waals surface area contributed by atoms with Crippen LogP contribution in [0.1, 0.15) is 116 Å². The first-order chi connectivity index (χ1) is 22.7. The van der Waals surface area contributed by atoms with Crippen molar-refractivity contribution in [2.45, 2.75) is 177 Å². The van der Waals surface area contributed by atoms with Crippen molar-refractivity contribution in [1.29, 1.82) is 0 Å². The number of amides is 1. The Morgan fingerprint density at radius 2 is 1.51 bits per heavy atom. The zero-order valence-corrected chi connectivity index (χ0v) is 32.2. The van der Waals surface area contributed by atoms with Crippen molar-refractivity contribution in [1.82, 2.24) is 5.32 Å². The van der Waals surface area contributed by atoms with Crippen LogP contribution in [-0.2, 0) is 38.0 Å². The van der Waals surface area contributed by atoms with Crippen LogP contribution in [-0.4, -0.2) is 84.3 Å². The number of aliphatic hydroxyl groups excluding tert-OH is 1. The minimum Gasteiger partial charge on any atom is -0.458 e. The fraction of sp³-hybridized carbons (Fsp3) is 0.921. The molecular weight excluding hydrogens is 630 g/mol. The maximum atomic E-state index is 14.2. The van der Waals surface area contributed by atoms with Gasteiger partial charge in [-0.3, -0.25) is 9.59 Å². The van der Waals surface area contributed by atoms with Crippen molar-refractivity contribution in [2.75, 3.05) is 0 Å². The zero-order valence-electron chi connectivity index (χ0n) is 32.2. The van der Waals surface area contributed by atoms with Gasteiger partial charge in [0.25, 0.3) is 0 Å². The highest BCUT2D eigenvalue weighted by molar-refractivity contribution is 5.85. The molecule has 0 aromatic rings. The predicted octanol–water partition coefficient (Wildman–Crippen LogP) is 6.03. The molecule has 4 aliphatic heterocycles. The third-order valence-electron chi connectivity index (χ3n) is 12.4. The van der Waals surface area contributed by atoms with Gasteiger partial charge < -0.3 is 38.8 Å². The van der Waals surface area contributed by atoms with E-state index in [0.29, 0.717) is 31.6 Å². The summed E-state index contributed by atoms with van der Waals surface area (Å²) in [6, 6.07) is -0.658. The number of esters is 1. The highest BCUT2D eigenvalue weighted by atomic mass is 16.7. The third-order valence-corrected chi connectivity index (χ3v) is 12.4. The van der Waals surface area contributed by atoms with Gasteiger partial charge >= 0.3 is 12.1 Å². The zero-order chi connectivity index (χ0) is 36.7. The van der Waals surface area contributed by atoms with E-state index in [-0.39, 0.29) is 29.3 Å². The quantitative estimate of drug-likeness (QED) is 0.328. The van der Waals surface area contributed by atoms with Gasteiger partial charge in [0.2, 0.25) is 0 Å². The van der Waals surface area contributed by atoms with Crippen molar-refractivity contribution in [2.24, 2.45) is 46.3 Å². The molecule has 49 heavy (non-hydrogen) atoms. The molecule has 0 radical (unpaired) electrons. The molecule has 11 nitrogen and oxygen atoms in total. The molecule has 0 bridgehead atoms. The van der Waals surface area contributed by atoms with E-state index in [1.807, 2.05) is 41.5 Å². The molecule has 4 aliphatic rings. The van der Waals surface area contributed by atoms with Crippen LogP contribution in [0.4, 0.5) is 4.79 Å². The van der Waals surface area contributed by atoms with Crippen molar-refractivity contribution < 1.29 is 47.9 Å². The molecule has 1 amide bonds. The first-order valence-electron chi connectivity index (χ1n) is 18.7. The topological polar surface area (TPSA) is 139 Å². The Labute approximate surface area is 294 Å². The fourth-order valence-corrected chi connectivity index (χ4v) is 8.92. The number of ether oxygens (including phenoxy) is 6. The Kier molecular flexibility index (Phi) is 12.6. The highest BCUT2D eigenvalue weighted by Gasteiger charge is 2.52. The molecule has 0 spiro atoms. The van der Waals surface area contributed by atoms with Crippen molar-refractivity contribution in [3.05, 3.63) is 0 Å². The van der Waals surface area contributed by atoms with Gasteiger partial charge in [0.1, 0.15) is 18.0 Å². The van der Waals surface area contributed by atoms with Crippen molar-refractivity contribution in [3.8, 4) is 0 Å². The molecule has 0 saturated carbocycles. The van der Waals surface area contributed by atoms with Crippen LogP contribution in [0.15, 0.2) is 0 Å². The number of hydrogen-bond acceptors (Lipinski definition) is 10. The second-order valence-electron chi connectivity index (χ2n) is 17.3. The average molecular weight is 696 g/mol. The summed E-state index contributed by atoms with van der Waals surface area (Å²) in [5.41, 5.74) is -0.738. The monoisotopic (exact) mass is 695 g/mol. The van der Waals surface area contributed by atoms with Crippen LogP contribution in [0.2, 0.25) is 0 Å². The van der Waals surface area contributed by atoms with Crippen LogP contribution in [0.5, 0.6) is 0 Å². The smallest absolute Gasteiger partial charge is 0.407 e. The summed E-state index contributed by atoms with van der Waals surface area (Å²) in [5, 5.41) is 14.1. The number of ketones is 1. The molecule has 16 atom stereocenters. The molecule has 4 saturated heterocycles. The van der Waals surface area contributed by atoms with Crippen LogP contribution in [0, 0.1) is 46.3 Å². The molecule has 4 rings (SSSR count). The molecule has 11 heteroatoms. The molecule has 0 aliphatic carbocycles. The minimum atomic E-state index is -0.904. The van der Waals surface area contributed by atoms with Gasteiger partial charge in [0, 0.05) is 24.2 Å². The standard InChI is InChI=1S/C38H65NO10/c1-14-26-32-28(39-36(43)48-32)21(5)29(40)19(3)16-38(12,13)33(49-35-30(41)18(2)15-20(4)44-35)22(6)31(23(7)34(42)46-26)47-27-17-37(10,11)24(8)25(9)45-27/h18-28,30-33,35,41H,14-17H2,1-13H3,(H,39,43)/t18-,19+,20+,21+,22-,23+,24-,25-,26+,27?,28+,30+,31-,32+,33+,35-/m0/s1. The SMILES string of the molecule is CC[C@H]1OC(=O)[C@H](C)[C@@H](OC2CC(C)(C)[C@@H](C)[C@H](C)O2)[C@H](C)[C@@H](O[C@@H]2O[C@H](C)C[C@H](C)[C@H]2O)C(C)(C)C[C@@H](C)C(=O)[C@H](C)[C@H]2NC(=O)O[C@@H]21. The van der Waals surface area contributed by atoms with Gasteiger partial charge in [-0.05, 0) is 62.7 Å². The van der Waals surface area contributed by atoms with Crippen LogP contribution < -0.4 is 5.32 Å². The number of carbonyl (C=O) groups excluding carboxylic acids is 3. The number of Topliss-reactive ketones (excluding diaryl/α,β-unsaturated/α-hetero) is 1. The van der Waals surface area contributed by atoms with E-state index >= 15 is 0 Å². The van der Waals surface area contributed by atoms with Gasteiger partial charge in [0.15, 0.2) is 18.7 Å². The Bertz CT molecular complexity index is 1180. The first-order valence-corrected chi connectivity index (χ1v) is 18.7. The van der Waals surface area contributed by atoms with Crippen LogP contribution >= 0.6 is 0 Å². The number of nitrogens with one attached hydrogen (secondary N) is 1. The van der Waals surface area contributed by atoms with Gasteiger partial charge in [-0.1, -0.05) is 69.2 Å². The van der Waals surface area contributed by atoms with E-state index in [2.05, 4.69) is 39.9 Å². The second kappa shape index (κ2) is 15.4. The van der Waals surface area contributed by atoms with Crippen LogP contribution in [0.25, 0.3) is 0 Å². The molecule has 4 fully saturated rings. The number of alkyl carbamates (subject to hydrolysis) is 1. The van der Waals surface area contributed by atoms with Gasteiger partial charge in [-0.15, -0.1) is 0 Å². The average Bonchev–Trinajstić information content (AvgIpc) is 3.40. The fourth-order valence-electron chi connectivity index (χ4n) is 8.92. The van der Waals surface area contributed by atoms with E-state index in [1.165, 1.54) is 0 Å². The van der Waals surface area contributed by atoms with Gasteiger partial charge in [-0.2, -0.15) is 0 Å². The minimum absolute atomic E-state index is 0.0307. The molecule has 0 aromatic carbocycles. The number of cyclic esters (lactones) is 1. The lowest BCUT2D eigenvalue weighted by atomic mass is 9.69. The number of hydrogen-bond donors (Lipinski definition) is 2. The summed E-state index contributed by atoms with van der Waals surface area (Å²) in [6.07, 6.45) is -3.95. The lowest BCUT2D eigenvalue weighted by Crippen LogP contribution is -2.55. The Balaban J connectivity index is 1.80. The first kappa shape index (κ1) is 40.0. The summed E-state index contributed by atoms with van der Waals surface area (Å²) >= 11 is 0. The molecule has 2 N–H and O–H groups in total. The molecule has 282 valence electrons. The molecule has 1 unspecified atom stereocenters. The number of aliphatic hydroxyl groups is 1. The molecular formula is C38H65NO10. The highest BCUT2D eigenvalue weighted by Crippen LogP contribution is 2.45. The van der Waals surface area contributed by atoms with E-state index in [1.54, 1.807) is 13.8 Å². The Morgan fingerprint density at radius 1 is 0.857 bits per heavy atom. The summed E-state index contributed by atoms with van der Waals surface area (Å²) in [4.78, 5) is 40.8. The Morgan fingerprint density at radius 3 is 2.12 bits per heavy atom. The van der Waals surface area contributed by atoms with Crippen LogP contribution in [0.3, 0.4) is 0 Å². The maximum absolute atomic E-state index is 14.2. The summed E-state index contributed by atoms with van der Waals surface area (Å²) in [7, 11) is 0. The predicted molar refractivity (Wildman–Crippen MR) is 183 cm³/mol. The third kappa shape index (κ3) is 8.65. The van der Waals surface area contributed by atoms with Crippen molar-refractivity contribution in [3.63, 3.8) is 0 Å². The normalized spacial score (nSPS) is 46.5. The van der Waals surface area contributed by atoms with Crippen molar-refractivity contribution >= 4 is 17.8 Å². The van der Waals surface area contributed by atoms with Gasteiger partial charge in [-0.25, -0.2) is 4.79 Å².